The quantitative estimate of drug-likeness (QED) is 0.136. The molecule has 0 amide bonds. The molecule has 18 rings (SSSR count). The Balaban J connectivity index is 0.000000114. The topological polar surface area (TPSA) is 66.7 Å². The molecule has 0 spiro atoms. The molecular formula is C80H50BBrO4. The highest BCUT2D eigenvalue weighted by molar-refractivity contribution is 9.10. The summed E-state index contributed by atoms with van der Waals surface area (Å²) in [5.74, 6) is 0. The van der Waals surface area contributed by atoms with Crippen LogP contribution in [-0.2, 0) is 0 Å². The largest absolute Gasteiger partial charge is 0.489 e. The van der Waals surface area contributed by atoms with E-state index in [-0.39, 0.29) is 0 Å². The predicted molar refractivity (Wildman–Crippen MR) is 368 cm³/mol. The van der Waals surface area contributed by atoms with E-state index in [0.29, 0.717) is 5.46 Å². The third kappa shape index (κ3) is 8.52. The van der Waals surface area contributed by atoms with Gasteiger partial charge >= 0.3 is 7.12 Å². The first-order valence-electron chi connectivity index (χ1n) is 29.0. The van der Waals surface area contributed by atoms with Crippen molar-refractivity contribution in [1.82, 2.24) is 0 Å². The molecule has 2 heterocycles. The molecule has 2 aromatic heterocycles. The third-order valence-corrected chi connectivity index (χ3v) is 17.8. The van der Waals surface area contributed by atoms with Crippen LogP contribution in [0.2, 0.25) is 0 Å². The zero-order valence-corrected chi connectivity index (χ0v) is 48.0. The van der Waals surface area contributed by atoms with Gasteiger partial charge in [-0.25, -0.2) is 0 Å². The molecule has 0 aliphatic carbocycles. The molecule has 18 aromatic rings. The van der Waals surface area contributed by atoms with Gasteiger partial charge in [-0.3, -0.25) is 0 Å². The molecule has 0 unspecified atom stereocenters. The number of rotatable bonds is 4. The Hall–Kier alpha value is -10.3. The van der Waals surface area contributed by atoms with Crippen LogP contribution in [0.25, 0.3) is 163 Å². The van der Waals surface area contributed by atoms with E-state index in [1.54, 1.807) is 0 Å². The van der Waals surface area contributed by atoms with Crippen LogP contribution in [0.1, 0.15) is 0 Å². The van der Waals surface area contributed by atoms with Crippen molar-refractivity contribution in [3.8, 4) is 33.4 Å². The highest BCUT2D eigenvalue weighted by Crippen LogP contribution is 2.47. The van der Waals surface area contributed by atoms with E-state index in [0.717, 1.165) is 81.2 Å². The summed E-state index contributed by atoms with van der Waals surface area (Å²) in [6, 6.07) is 102. The second-order valence-corrected chi connectivity index (χ2v) is 22.9. The van der Waals surface area contributed by atoms with E-state index >= 15 is 0 Å². The van der Waals surface area contributed by atoms with Crippen molar-refractivity contribution in [2.24, 2.45) is 0 Å². The number of hydrogen-bond acceptors (Lipinski definition) is 4. The molecule has 6 heteroatoms. The number of fused-ring (bicyclic) bond motifs is 16. The first-order valence-corrected chi connectivity index (χ1v) is 29.8. The van der Waals surface area contributed by atoms with Gasteiger partial charge < -0.3 is 18.9 Å². The first kappa shape index (κ1) is 51.3. The minimum atomic E-state index is -1.53. The monoisotopic (exact) mass is 1160 g/mol. The lowest BCUT2D eigenvalue weighted by Gasteiger charge is -2.18. The maximum absolute atomic E-state index is 10.1. The molecule has 0 radical (unpaired) electrons. The number of furan rings is 2. The smallest absolute Gasteiger partial charge is 0.455 e. The molecule has 0 atom stereocenters. The summed E-state index contributed by atoms with van der Waals surface area (Å²) in [6.45, 7) is 0. The van der Waals surface area contributed by atoms with Crippen LogP contribution >= 0.6 is 15.9 Å². The van der Waals surface area contributed by atoms with E-state index in [2.05, 4.69) is 240 Å². The summed E-state index contributed by atoms with van der Waals surface area (Å²) in [7, 11) is -1.53. The van der Waals surface area contributed by atoms with Crippen LogP contribution in [0, 0.1) is 0 Å². The zero-order chi connectivity index (χ0) is 57.4. The first-order chi connectivity index (χ1) is 42.4. The van der Waals surface area contributed by atoms with Gasteiger partial charge in [0.15, 0.2) is 0 Å². The van der Waals surface area contributed by atoms with Crippen LogP contribution in [0.4, 0.5) is 0 Å². The fourth-order valence-corrected chi connectivity index (χ4v) is 13.8. The molecule has 86 heavy (non-hydrogen) atoms. The van der Waals surface area contributed by atoms with E-state index in [1.807, 2.05) is 66.7 Å². The van der Waals surface area contributed by atoms with E-state index in [1.165, 1.54) is 86.7 Å². The normalized spacial score (nSPS) is 11.7. The molecule has 0 aliphatic rings. The van der Waals surface area contributed by atoms with Gasteiger partial charge in [0.1, 0.15) is 22.3 Å². The summed E-state index contributed by atoms with van der Waals surface area (Å²) in [6.07, 6.45) is 0. The molecule has 0 saturated heterocycles. The molecular weight excluding hydrogens is 1120 g/mol. The van der Waals surface area contributed by atoms with Crippen LogP contribution in [0.3, 0.4) is 0 Å². The lowest BCUT2D eigenvalue weighted by Crippen LogP contribution is -2.31. The summed E-state index contributed by atoms with van der Waals surface area (Å²) in [4.78, 5) is 0. The molecule has 0 fully saturated rings. The van der Waals surface area contributed by atoms with Gasteiger partial charge in [-0.1, -0.05) is 265 Å². The Labute approximate surface area is 503 Å². The molecule has 16 aromatic carbocycles. The Morgan fingerprint density at radius 1 is 0.256 bits per heavy atom. The summed E-state index contributed by atoms with van der Waals surface area (Å²) >= 11 is 3.48. The second-order valence-electron chi connectivity index (χ2n) is 22.0. The third-order valence-electron chi connectivity index (χ3n) is 17.3. The molecule has 0 bridgehead atoms. The summed E-state index contributed by atoms with van der Waals surface area (Å²) in [5, 5.41) is 43.3. The summed E-state index contributed by atoms with van der Waals surface area (Å²) in [5.41, 5.74) is 11.6. The standard InChI is InChI=1S/C40H24O.C24H17BO2.C16H9BrO/c1-3-13-28-25(10-1)12-9-19-31(28)39-34-17-7-5-15-32(34)38(33-16-6-8-18-35(33)39)27-21-22-30-36-23-20-26-11-2-4-14-29(26)40(36)41-37(30)24-27;26-25(27)24-21-13-5-3-11-19(21)23(20-12-4-6-14-22(20)24)18-15-7-9-16-8-1-2-10-17(16)18;17-11-6-8-13-14-7-5-10-3-1-2-4-12(10)16(14)18-15(13)9-11/h1-24H;1-15,26-27H;1-9H. The lowest BCUT2D eigenvalue weighted by molar-refractivity contribution is 0.426. The van der Waals surface area contributed by atoms with Crippen molar-refractivity contribution in [1.29, 1.82) is 0 Å². The average Bonchev–Trinajstić information content (AvgIpc) is 1.03. The average molecular weight is 1170 g/mol. The molecule has 2 N–H and O–H groups in total. The minimum Gasteiger partial charge on any atom is -0.455 e. The molecule has 0 saturated carbocycles. The van der Waals surface area contributed by atoms with Crippen molar-refractivity contribution in [2.45, 2.75) is 0 Å². The molecule has 404 valence electrons. The van der Waals surface area contributed by atoms with Gasteiger partial charge in [0, 0.05) is 36.8 Å². The summed E-state index contributed by atoms with van der Waals surface area (Å²) < 4.78 is 13.6. The van der Waals surface area contributed by atoms with Crippen molar-refractivity contribution in [2.75, 3.05) is 0 Å². The fraction of sp³-hybridized carbons (Fsp3) is 0. The van der Waals surface area contributed by atoms with Crippen LogP contribution in [0.5, 0.6) is 0 Å². The highest BCUT2D eigenvalue weighted by atomic mass is 79.9. The van der Waals surface area contributed by atoms with E-state index in [4.69, 9.17) is 8.83 Å². The fourth-order valence-electron chi connectivity index (χ4n) is 13.5. The SMILES string of the molecule is Brc1ccc2c(c1)oc1c3ccccc3ccc21.OB(O)c1c2ccccc2c(-c2cccc3ccccc23)c2ccccc12.c1ccc2c(-c3c4ccccc4c(-c4ccc5c(c4)oc4c6ccccc6ccc54)c4ccccc34)cccc2c1. The van der Waals surface area contributed by atoms with Crippen molar-refractivity contribution in [3.05, 3.63) is 296 Å². The van der Waals surface area contributed by atoms with Gasteiger partial charge in [-0.15, -0.1) is 0 Å². The number of halogens is 1. The second kappa shape index (κ2) is 21.1. The predicted octanol–water partition coefficient (Wildman–Crippen LogP) is 21.5. The zero-order valence-electron chi connectivity index (χ0n) is 46.4. The maximum atomic E-state index is 10.1. The Kier molecular flexibility index (Phi) is 12.6. The minimum absolute atomic E-state index is 0.560. The Morgan fingerprint density at radius 3 is 1.02 bits per heavy atom. The van der Waals surface area contributed by atoms with Crippen LogP contribution in [0.15, 0.2) is 304 Å². The molecule has 0 aliphatic heterocycles. The van der Waals surface area contributed by atoms with Gasteiger partial charge in [-0.05, 0) is 157 Å². The van der Waals surface area contributed by atoms with Gasteiger partial charge in [-0.2, -0.15) is 0 Å². The molecule has 4 nitrogen and oxygen atoms in total. The van der Waals surface area contributed by atoms with E-state index < -0.39 is 7.12 Å². The highest BCUT2D eigenvalue weighted by Gasteiger charge is 2.24. The Morgan fingerprint density at radius 2 is 0.581 bits per heavy atom. The van der Waals surface area contributed by atoms with Gasteiger partial charge in [0.2, 0.25) is 0 Å². The van der Waals surface area contributed by atoms with Crippen LogP contribution < -0.4 is 5.46 Å². The maximum Gasteiger partial charge on any atom is 0.489 e. The number of benzene rings is 16. The van der Waals surface area contributed by atoms with Crippen molar-refractivity contribution >= 4 is 159 Å². The van der Waals surface area contributed by atoms with Crippen molar-refractivity contribution < 1.29 is 18.9 Å². The van der Waals surface area contributed by atoms with E-state index in [9.17, 15) is 10.0 Å². The van der Waals surface area contributed by atoms with Gasteiger partial charge in [0.05, 0.1) is 0 Å². The van der Waals surface area contributed by atoms with Crippen molar-refractivity contribution in [3.63, 3.8) is 0 Å². The van der Waals surface area contributed by atoms with Crippen LogP contribution in [-0.4, -0.2) is 17.2 Å². The number of hydrogen-bond donors (Lipinski definition) is 2. The van der Waals surface area contributed by atoms with Gasteiger partial charge in [0.25, 0.3) is 0 Å². The lowest BCUT2D eigenvalue weighted by atomic mass is 9.72. The Bertz CT molecular complexity index is 5620.